The lowest BCUT2D eigenvalue weighted by Crippen LogP contribution is -2.14. The van der Waals surface area contributed by atoms with E-state index in [1.807, 2.05) is 32.0 Å². The first kappa shape index (κ1) is 13.7. The molecule has 0 radical (unpaired) electrons. The van der Waals surface area contributed by atoms with Gasteiger partial charge in [-0.1, -0.05) is 30.3 Å². The smallest absolute Gasteiger partial charge is 0.227 e. The van der Waals surface area contributed by atoms with E-state index in [1.54, 1.807) is 0 Å². The molecule has 0 aliphatic heterocycles. The SMILES string of the molecule is CC(C)Nc1nc(Cl)nc(CCc2ccccc2)n1. The van der Waals surface area contributed by atoms with Crippen molar-refractivity contribution in [3.8, 4) is 0 Å². The predicted octanol–water partition coefficient (Wildman–Crippen LogP) is 3.13. The van der Waals surface area contributed by atoms with Crippen molar-refractivity contribution in [1.82, 2.24) is 15.0 Å². The lowest BCUT2D eigenvalue weighted by atomic mass is 10.1. The fraction of sp³-hybridized carbons (Fsp3) is 0.357. The second kappa shape index (κ2) is 6.48. The van der Waals surface area contributed by atoms with Crippen LogP contribution in [0.2, 0.25) is 5.28 Å². The van der Waals surface area contributed by atoms with Gasteiger partial charge in [0.05, 0.1) is 0 Å². The van der Waals surface area contributed by atoms with Crippen molar-refractivity contribution in [2.75, 3.05) is 5.32 Å². The van der Waals surface area contributed by atoms with Crippen molar-refractivity contribution in [2.45, 2.75) is 32.7 Å². The van der Waals surface area contributed by atoms with Crippen LogP contribution in [0.4, 0.5) is 5.95 Å². The van der Waals surface area contributed by atoms with E-state index in [1.165, 1.54) is 5.56 Å². The van der Waals surface area contributed by atoms with Crippen molar-refractivity contribution in [1.29, 1.82) is 0 Å². The molecule has 0 aliphatic rings. The van der Waals surface area contributed by atoms with Crippen LogP contribution >= 0.6 is 11.6 Å². The molecule has 2 aromatic rings. The number of aromatic nitrogens is 3. The molecule has 100 valence electrons. The molecule has 0 spiro atoms. The van der Waals surface area contributed by atoms with Crippen LogP contribution in [0.15, 0.2) is 30.3 Å². The predicted molar refractivity (Wildman–Crippen MR) is 77.4 cm³/mol. The Kier molecular flexibility index (Phi) is 4.68. The Morgan fingerprint density at radius 2 is 1.79 bits per heavy atom. The first-order chi connectivity index (χ1) is 9.13. The molecule has 0 saturated heterocycles. The third kappa shape index (κ3) is 4.48. The normalized spacial score (nSPS) is 10.7. The summed E-state index contributed by atoms with van der Waals surface area (Å²) in [5.41, 5.74) is 1.26. The van der Waals surface area contributed by atoms with Crippen LogP contribution in [0.1, 0.15) is 25.2 Å². The number of aryl methyl sites for hydroxylation is 2. The van der Waals surface area contributed by atoms with Gasteiger partial charge in [-0.05, 0) is 37.4 Å². The lowest BCUT2D eigenvalue weighted by molar-refractivity contribution is 0.813. The maximum Gasteiger partial charge on any atom is 0.227 e. The molecule has 1 aromatic carbocycles. The number of benzene rings is 1. The summed E-state index contributed by atoms with van der Waals surface area (Å²) in [5, 5.41) is 3.37. The molecule has 0 bridgehead atoms. The molecule has 0 unspecified atom stereocenters. The Bertz CT molecular complexity index is 528. The number of nitrogens with one attached hydrogen (secondary N) is 1. The average molecular weight is 277 g/mol. The second-order valence-electron chi connectivity index (χ2n) is 4.63. The van der Waals surface area contributed by atoms with Crippen LogP contribution in [0.3, 0.4) is 0 Å². The van der Waals surface area contributed by atoms with Gasteiger partial charge in [-0.25, -0.2) is 4.98 Å². The Labute approximate surface area is 118 Å². The summed E-state index contributed by atoms with van der Waals surface area (Å²) in [7, 11) is 0. The van der Waals surface area contributed by atoms with Crippen molar-refractivity contribution in [3.05, 3.63) is 47.0 Å². The van der Waals surface area contributed by atoms with Gasteiger partial charge in [0.2, 0.25) is 11.2 Å². The fourth-order valence-electron chi connectivity index (χ4n) is 1.73. The van der Waals surface area contributed by atoms with Gasteiger partial charge in [-0.3, -0.25) is 0 Å². The zero-order valence-electron chi connectivity index (χ0n) is 11.1. The zero-order valence-corrected chi connectivity index (χ0v) is 11.9. The first-order valence-electron chi connectivity index (χ1n) is 6.34. The van der Waals surface area contributed by atoms with E-state index in [2.05, 4.69) is 32.4 Å². The largest absolute Gasteiger partial charge is 0.352 e. The second-order valence-corrected chi connectivity index (χ2v) is 4.97. The Morgan fingerprint density at radius 3 is 2.47 bits per heavy atom. The Morgan fingerprint density at radius 1 is 1.05 bits per heavy atom. The number of rotatable bonds is 5. The van der Waals surface area contributed by atoms with Gasteiger partial charge in [-0.15, -0.1) is 0 Å². The topological polar surface area (TPSA) is 50.7 Å². The summed E-state index contributed by atoms with van der Waals surface area (Å²) in [6, 6.07) is 10.5. The van der Waals surface area contributed by atoms with Crippen LogP contribution in [0.25, 0.3) is 0 Å². The zero-order chi connectivity index (χ0) is 13.7. The monoisotopic (exact) mass is 276 g/mol. The highest BCUT2D eigenvalue weighted by Crippen LogP contribution is 2.10. The van der Waals surface area contributed by atoms with Gasteiger partial charge in [-0.2, -0.15) is 9.97 Å². The molecule has 0 amide bonds. The number of anilines is 1. The van der Waals surface area contributed by atoms with Crippen molar-refractivity contribution < 1.29 is 0 Å². The maximum atomic E-state index is 5.91. The number of hydrogen-bond donors (Lipinski definition) is 1. The van der Waals surface area contributed by atoms with Crippen LogP contribution in [0, 0.1) is 0 Å². The Hall–Kier alpha value is -1.68. The minimum atomic E-state index is 0.237. The molecular weight excluding hydrogens is 260 g/mol. The molecule has 2 rings (SSSR count). The third-order valence-electron chi connectivity index (χ3n) is 2.55. The molecule has 0 fully saturated rings. The molecule has 0 saturated carbocycles. The average Bonchev–Trinajstić information content (AvgIpc) is 2.36. The van der Waals surface area contributed by atoms with Gasteiger partial charge >= 0.3 is 0 Å². The third-order valence-corrected chi connectivity index (χ3v) is 2.72. The molecule has 19 heavy (non-hydrogen) atoms. The molecule has 1 heterocycles. The number of hydrogen-bond acceptors (Lipinski definition) is 4. The van der Waals surface area contributed by atoms with E-state index in [-0.39, 0.29) is 11.3 Å². The minimum Gasteiger partial charge on any atom is -0.352 e. The molecule has 1 N–H and O–H groups in total. The van der Waals surface area contributed by atoms with E-state index in [0.717, 1.165) is 12.8 Å². The molecule has 0 aliphatic carbocycles. The fourth-order valence-corrected chi connectivity index (χ4v) is 1.90. The lowest BCUT2D eigenvalue weighted by Gasteiger charge is -2.09. The van der Waals surface area contributed by atoms with Crippen molar-refractivity contribution in [2.24, 2.45) is 0 Å². The highest BCUT2D eigenvalue weighted by atomic mass is 35.5. The van der Waals surface area contributed by atoms with Gasteiger partial charge in [0.25, 0.3) is 0 Å². The molecule has 5 heteroatoms. The molecule has 4 nitrogen and oxygen atoms in total. The van der Waals surface area contributed by atoms with Crippen LogP contribution in [0.5, 0.6) is 0 Å². The van der Waals surface area contributed by atoms with E-state index in [9.17, 15) is 0 Å². The van der Waals surface area contributed by atoms with E-state index in [4.69, 9.17) is 11.6 Å². The summed E-state index contributed by atoms with van der Waals surface area (Å²) < 4.78 is 0. The standard InChI is InChI=1S/C14H17ClN4/c1-10(2)16-14-18-12(17-13(15)19-14)9-8-11-6-4-3-5-7-11/h3-7,10H,8-9H2,1-2H3,(H,16,17,18,19). The van der Waals surface area contributed by atoms with Crippen LogP contribution in [-0.2, 0) is 12.8 Å². The highest BCUT2D eigenvalue weighted by molar-refractivity contribution is 6.28. The van der Waals surface area contributed by atoms with Crippen molar-refractivity contribution >= 4 is 17.5 Å². The summed E-state index contributed by atoms with van der Waals surface area (Å²) in [6.07, 6.45) is 1.64. The maximum absolute atomic E-state index is 5.91. The Balaban J connectivity index is 2.05. The summed E-state index contributed by atoms with van der Waals surface area (Å²) in [6.45, 7) is 4.06. The molecule has 0 atom stereocenters. The van der Waals surface area contributed by atoms with Gasteiger partial charge in [0, 0.05) is 12.5 Å². The van der Waals surface area contributed by atoms with Crippen LogP contribution < -0.4 is 5.32 Å². The van der Waals surface area contributed by atoms with Crippen molar-refractivity contribution in [3.63, 3.8) is 0 Å². The van der Waals surface area contributed by atoms with E-state index < -0.39 is 0 Å². The summed E-state index contributed by atoms with van der Waals surface area (Å²) in [4.78, 5) is 12.6. The minimum absolute atomic E-state index is 0.237. The van der Waals surface area contributed by atoms with Gasteiger partial charge in [0.1, 0.15) is 5.82 Å². The van der Waals surface area contributed by atoms with E-state index >= 15 is 0 Å². The molecule has 1 aromatic heterocycles. The summed E-state index contributed by atoms with van der Waals surface area (Å²) in [5.74, 6) is 1.25. The van der Waals surface area contributed by atoms with E-state index in [0.29, 0.717) is 11.8 Å². The molecular formula is C14H17ClN4. The number of halogens is 1. The van der Waals surface area contributed by atoms with Gasteiger partial charge < -0.3 is 5.32 Å². The van der Waals surface area contributed by atoms with Gasteiger partial charge in [0.15, 0.2) is 0 Å². The first-order valence-corrected chi connectivity index (χ1v) is 6.72. The summed E-state index contributed by atoms with van der Waals surface area (Å²) >= 11 is 5.91. The quantitative estimate of drug-likeness (QED) is 0.912. The number of nitrogens with zero attached hydrogens (tertiary/aromatic N) is 3. The highest BCUT2D eigenvalue weighted by Gasteiger charge is 2.06. The van der Waals surface area contributed by atoms with Crippen LogP contribution in [-0.4, -0.2) is 21.0 Å².